The van der Waals surface area contributed by atoms with Crippen molar-refractivity contribution in [2.24, 2.45) is 17.7 Å². The Morgan fingerprint density at radius 3 is 2.57 bits per heavy atom. The fourth-order valence-electron chi connectivity index (χ4n) is 1.75. The Bertz CT molecular complexity index is 1100. The first-order valence-corrected chi connectivity index (χ1v) is 6.62. The van der Waals surface area contributed by atoms with Gasteiger partial charge in [0.1, 0.15) is 6.02 Å². The van der Waals surface area contributed by atoms with Crippen molar-refractivity contribution in [3.63, 3.8) is 0 Å². The van der Waals surface area contributed by atoms with Crippen LogP contribution in [-0.2, 0) is 16.0 Å². The highest BCUT2D eigenvalue weighted by molar-refractivity contribution is 5.85. The average molecular weight is 335 g/mol. The van der Waals surface area contributed by atoms with E-state index < -0.39 is 81.2 Å². The third-order valence-electron chi connectivity index (χ3n) is 2.91. The van der Waals surface area contributed by atoms with Crippen molar-refractivity contribution >= 4 is 11.9 Å². The molecule has 0 spiro atoms. The molecular formula is C19H27NO3. The van der Waals surface area contributed by atoms with Crippen molar-refractivity contribution in [2.75, 3.05) is 0 Å². The summed E-state index contributed by atoms with van der Waals surface area (Å²) in [6.07, 6.45) is -18.4. The van der Waals surface area contributed by atoms with Crippen LogP contribution in [0.5, 0.6) is 0 Å². The molecule has 23 heavy (non-hydrogen) atoms. The number of hydrogen-bond acceptors (Lipinski definition) is 2. The Kier molecular flexibility index (Phi) is 1.98. The standard InChI is InChI=1S/C19H27NO3/c1-13(2)15-8-10-16(11-9-15)18(21)20-17(19(22)23)12-14-6-4-3-5-7-14/h3-7,13,15-17H,8-12H2,1-2H3,(H,20,21)(H,22,23)/i1D3,2D3,8D2,9D2,10D2,11D2,15D,16D,17D. The maximum Gasteiger partial charge on any atom is 0.326 e. The molecule has 2 rings (SSSR count). The second kappa shape index (κ2) is 8.14. The van der Waals surface area contributed by atoms with Gasteiger partial charge in [0.15, 0.2) is 0 Å². The number of rotatable bonds is 6. The van der Waals surface area contributed by atoms with Crippen molar-refractivity contribution in [1.82, 2.24) is 5.32 Å². The smallest absolute Gasteiger partial charge is 0.326 e. The fourth-order valence-corrected chi connectivity index (χ4v) is 1.75. The molecule has 0 aromatic heterocycles. The van der Waals surface area contributed by atoms with E-state index in [-0.39, 0.29) is 5.56 Å². The van der Waals surface area contributed by atoms with Crippen molar-refractivity contribution in [3.8, 4) is 0 Å². The van der Waals surface area contributed by atoms with E-state index in [0.29, 0.717) is 0 Å². The topological polar surface area (TPSA) is 66.4 Å². The van der Waals surface area contributed by atoms with Gasteiger partial charge in [0, 0.05) is 34.2 Å². The first kappa shape index (κ1) is 5.61. The van der Waals surface area contributed by atoms with E-state index in [0.717, 1.165) is 0 Å². The minimum absolute atomic E-state index is 0.142. The zero-order valence-corrected chi connectivity index (χ0v) is 11.9. The maximum absolute atomic E-state index is 13.4. The number of hydrogen-bond donors (Lipinski definition) is 2. The molecule has 1 amide bonds. The first-order valence-electron chi connectivity index (χ1n) is 15.1. The Morgan fingerprint density at radius 2 is 2.00 bits per heavy atom. The minimum Gasteiger partial charge on any atom is -0.480 e. The Labute approximate surface area is 162 Å². The van der Waals surface area contributed by atoms with Gasteiger partial charge in [-0.3, -0.25) is 4.79 Å². The van der Waals surface area contributed by atoms with Crippen molar-refractivity contribution < 1.29 is 38.0 Å². The Morgan fingerprint density at radius 1 is 1.35 bits per heavy atom. The van der Waals surface area contributed by atoms with Crippen LogP contribution >= 0.6 is 0 Å². The summed E-state index contributed by atoms with van der Waals surface area (Å²) >= 11 is 0. The van der Waals surface area contributed by atoms with Gasteiger partial charge in [-0.1, -0.05) is 44.0 Å². The third-order valence-corrected chi connectivity index (χ3v) is 2.91. The molecule has 1 fully saturated rings. The van der Waals surface area contributed by atoms with Crippen LogP contribution in [0.2, 0.25) is 0 Å². The zero-order chi connectivity index (χ0) is 31.8. The van der Waals surface area contributed by atoms with E-state index in [2.05, 4.69) is 0 Å². The van der Waals surface area contributed by atoms with Crippen LogP contribution in [0.4, 0.5) is 0 Å². The Balaban J connectivity index is 2.85. The minimum atomic E-state index is -4.39. The lowest BCUT2D eigenvalue weighted by molar-refractivity contribution is -0.142. The predicted molar refractivity (Wildman–Crippen MR) is 90.0 cm³/mol. The molecule has 1 atom stereocenters. The molecule has 126 valence electrons. The largest absolute Gasteiger partial charge is 0.480 e. The average Bonchev–Trinajstić information content (AvgIpc) is 2.75. The van der Waals surface area contributed by atoms with E-state index in [1.807, 2.05) is 0 Å². The molecule has 0 radical (unpaired) electrons. The van der Waals surface area contributed by atoms with Crippen LogP contribution in [0, 0.1) is 17.7 Å². The molecule has 1 saturated carbocycles. The summed E-state index contributed by atoms with van der Waals surface area (Å²) in [4.78, 5) is 25.4. The molecule has 1 aliphatic rings. The van der Waals surface area contributed by atoms with Crippen LogP contribution in [0.25, 0.3) is 0 Å². The van der Waals surface area contributed by atoms with Gasteiger partial charge in [-0.05, 0) is 42.9 Å². The highest BCUT2D eigenvalue weighted by Crippen LogP contribution is 2.33. The summed E-state index contributed by atoms with van der Waals surface area (Å²) in [5.41, 5.74) is 0.142. The molecule has 1 aromatic carbocycles. The van der Waals surface area contributed by atoms with Gasteiger partial charge >= 0.3 is 5.97 Å². The highest BCUT2D eigenvalue weighted by Gasteiger charge is 2.30. The molecule has 0 bridgehead atoms. The number of benzene rings is 1. The fraction of sp³-hybridized carbons (Fsp3) is 0.579. The molecule has 1 unspecified atom stereocenters. The lowest BCUT2D eigenvalue weighted by atomic mass is 9.76. The second-order valence-electron chi connectivity index (χ2n) is 4.62. The van der Waals surface area contributed by atoms with Gasteiger partial charge in [-0.15, -0.1) is 0 Å². The first-order chi connectivity index (χ1) is 17.5. The van der Waals surface area contributed by atoms with Crippen LogP contribution < -0.4 is 5.32 Å². The monoisotopic (exact) mass is 334 g/mol. The molecule has 0 saturated heterocycles. The molecule has 2 N–H and O–H groups in total. The van der Waals surface area contributed by atoms with Crippen LogP contribution in [-0.4, -0.2) is 23.0 Å². The lowest BCUT2D eigenvalue weighted by Gasteiger charge is -2.30. The number of carbonyl (C=O) groups excluding carboxylic acids is 1. The number of amides is 1. The number of carbonyl (C=O) groups is 2. The summed E-state index contributed by atoms with van der Waals surface area (Å²) < 4.78 is 138. The Hall–Kier alpha value is -1.84. The van der Waals surface area contributed by atoms with E-state index >= 15 is 0 Å². The van der Waals surface area contributed by atoms with Crippen LogP contribution in [0.3, 0.4) is 0 Å². The van der Waals surface area contributed by atoms with Crippen LogP contribution in [0.15, 0.2) is 30.3 Å². The summed E-state index contributed by atoms with van der Waals surface area (Å²) in [6, 6.07) is 4.03. The van der Waals surface area contributed by atoms with E-state index in [1.54, 1.807) is 6.07 Å². The normalized spacial score (nSPS) is 51.1. The number of carboxylic acids is 1. The summed E-state index contributed by atoms with van der Waals surface area (Å²) in [7, 11) is 0. The predicted octanol–water partition coefficient (Wildman–Crippen LogP) is 3.26. The molecule has 0 aliphatic heterocycles. The van der Waals surface area contributed by atoms with Crippen molar-refractivity contribution in [3.05, 3.63) is 35.9 Å². The maximum atomic E-state index is 13.4. The van der Waals surface area contributed by atoms with Crippen molar-refractivity contribution in [2.45, 2.75) is 51.6 Å². The highest BCUT2D eigenvalue weighted by atomic mass is 16.4. The molecule has 1 aromatic rings. The van der Waals surface area contributed by atoms with Gasteiger partial charge in [0.2, 0.25) is 5.91 Å². The lowest BCUT2D eigenvalue weighted by Crippen LogP contribution is -2.45. The summed E-state index contributed by atoms with van der Waals surface area (Å²) in [5.74, 6) is -16.4. The molecule has 4 nitrogen and oxygen atoms in total. The van der Waals surface area contributed by atoms with Gasteiger partial charge < -0.3 is 10.4 Å². The molecule has 1 aliphatic carbocycles. The van der Waals surface area contributed by atoms with Gasteiger partial charge in [-0.2, -0.15) is 0 Å². The number of carboxylic acid groups (broad SMARTS) is 1. The number of nitrogens with one attached hydrogen (secondary N) is 1. The van der Waals surface area contributed by atoms with E-state index in [1.165, 1.54) is 29.6 Å². The summed E-state index contributed by atoms with van der Waals surface area (Å²) in [6.45, 7) is -7.78. The van der Waals surface area contributed by atoms with E-state index in [9.17, 15) is 14.7 Å². The molecular weight excluding hydrogens is 290 g/mol. The van der Waals surface area contributed by atoms with Crippen LogP contribution in [0.1, 0.15) is 68.1 Å². The van der Waals surface area contributed by atoms with Gasteiger partial charge in [-0.25, -0.2) is 4.79 Å². The third kappa shape index (κ3) is 5.08. The van der Waals surface area contributed by atoms with Crippen molar-refractivity contribution in [1.29, 1.82) is 0 Å². The molecule has 0 heterocycles. The molecule has 4 heteroatoms. The zero-order valence-electron chi connectivity index (χ0n) is 28.9. The second-order valence-corrected chi connectivity index (χ2v) is 4.62. The number of aliphatic carboxylic acids is 1. The SMILES string of the molecule is [2H]C(Cc1ccccc1)(NC(=O)C1([2H])C([2H])([2H])C([2H])([2H])C([2H])(C(C([2H])([2H])[2H])C([2H])([2H])[2H])C([2H])([2H])C1([2H])[2H])C(=O)O. The summed E-state index contributed by atoms with van der Waals surface area (Å²) in [5, 5.41) is 11.2. The van der Waals surface area contributed by atoms with E-state index in [4.69, 9.17) is 23.3 Å². The van der Waals surface area contributed by atoms with Gasteiger partial charge in [0.25, 0.3) is 0 Å². The quantitative estimate of drug-likeness (QED) is 0.839. The van der Waals surface area contributed by atoms with Gasteiger partial charge in [0.05, 0.1) is 1.37 Å².